The molecule has 78 valence electrons. The minimum absolute atomic E-state index is 0.358. The molecule has 0 unspecified atom stereocenters. The monoisotopic (exact) mass is 185 g/mol. The van der Waals surface area contributed by atoms with Gasteiger partial charge in [-0.2, -0.15) is 0 Å². The van der Waals surface area contributed by atoms with Crippen LogP contribution in [0.3, 0.4) is 0 Å². The second-order valence-electron chi connectivity index (χ2n) is 4.05. The fourth-order valence-corrected chi connectivity index (χ4v) is 1.81. The van der Waals surface area contributed by atoms with Crippen molar-refractivity contribution in [2.45, 2.75) is 51.5 Å². The van der Waals surface area contributed by atoms with Crippen molar-refractivity contribution in [3.8, 4) is 0 Å². The van der Waals surface area contributed by atoms with Crippen molar-refractivity contribution in [1.29, 1.82) is 0 Å². The molecule has 0 aromatic rings. The molecule has 0 heterocycles. The second kappa shape index (κ2) is 6.39. The van der Waals surface area contributed by atoms with Gasteiger partial charge >= 0.3 is 0 Å². The Balaban J connectivity index is 2.00. The van der Waals surface area contributed by atoms with Gasteiger partial charge in [0, 0.05) is 12.6 Å². The quantitative estimate of drug-likeness (QED) is 0.585. The Morgan fingerprint density at radius 2 is 1.92 bits per heavy atom. The summed E-state index contributed by atoms with van der Waals surface area (Å²) < 4.78 is 0. The maximum Gasteiger partial charge on any atom is 0.0431 e. The van der Waals surface area contributed by atoms with E-state index < -0.39 is 0 Å². The Labute approximate surface area is 81.9 Å². The van der Waals surface area contributed by atoms with Crippen LogP contribution >= 0.6 is 0 Å². The van der Waals surface area contributed by atoms with Crippen molar-refractivity contribution in [1.82, 2.24) is 4.90 Å². The summed E-state index contributed by atoms with van der Waals surface area (Å²) >= 11 is 0. The normalized spacial score (nSPS) is 16.8. The molecule has 1 aliphatic carbocycles. The highest BCUT2D eigenvalue weighted by Gasteiger charge is 2.27. The Morgan fingerprint density at radius 3 is 2.46 bits per heavy atom. The zero-order valence-electron chi connectivity index (χ0n) is 8.84. The molecule has 1 aliphatic rings. The average Bonchev–Trinajstić information content (AvgIpc) is 2.93. The van der Waals surface area contributed by atoms with Gasteiger partial charge in [0.25, 0.3) is 0 Å². The summed E-state index contributed by atoms with van der Waals surface area (Å²) in [5.41, 5.74) is 0. The molecule has 0 radical (unpaired) electrons. The Morgan fingerprint density at radius 1 is 1.15 bits per heavy atom. The zero-order chi connectivity index (χ0) is 9.52. The summed E-state index contributed by atoms with van der Waals surface area (Å²) in [6, 6.07) is 0.911. The van der Waals surface area contributed by atoms with Gasteiger partial charge in [-0.15, -0.1) is 0 Å². The Bertz CT molecular complexity index is 123. The van der Waals surface area contributed by atoms with E-state index in [4.69, 9.17) is 5.11 Å². The number of nitrogens with zero attached hydrogens (tertiary/aromatic N) is 1. The van der Waals surface area contributed by atoms with Crippen LogP contribution < -0.4 is 0 Å². The highest BCUT2D eigenvalue weighted by atomic mass is 16.2. The van der Waals surface area contributed by atoms with Crippen LogP contribution in [0.5, 0.6) is 0 Å². The van der Waals surface area contributed by atoms with Crippen molar-refractivity contribution in [3.63, 3.8) is 0 Å². The lowest BCUT2D eigenvalue weighted by atomic mass is 10.2. The minimum atomic E-state index is 0.358. The van der Waals surface area contributed by atoms with Gasteiger partial charge in [-0.3, -0.25) is 0 Å². The highest BCUT2D eigenvalue weighted by Crippen LogP contribution is 2.27. The second-order valence-corrected chi connectivity index (χ2v) is 4.05. The Hall–Kier alpha value is -0.0800. The standard InChI is InChI=1S/C11H23NO/c1-2-8-12(11-6-7-11)9-4-3-5-10-13/h11,13H,2-10H2,1H3. The molecule has 0 bridgehead atoms. The van der Waals surface area contributed by atoms with Crippen molar-refractivity contribution in [2.75, 3.05) is 19.7 Å². The summed E-state index contributed by atoms with van der Waals surface area (Å²) in [7, 11) is 0. The highest BCUT2D eigenvalue weighted by molar-refractivity contribution is 4.83. The number of rotatable bonds is 8. The zero-order valence-corrected chi connectivity index (χ0v) is 8.84. The first kappa shape index (κ1) is 11.0. The number of hydrogen-bond acceptors (Lipinski definition) is 2. The fourth-order valence-electron chi connectivity index (χ4n) is 1.81. The van der Waals surface area contributed by atoms with E-state index in [1.54, 1.807) is 0 Å². The lowest BCUT2D eigenvalue weighted by molar-refractivity contribution is 0.245. The summed E-state index contributed by atoms with van der Waals surface area (Å²) in [6.45, 7) is 5.13. The van der Waals surface area contributed by atoms with Gasteiger partial charge in [-0.1, -0.05) is 6.92 Å². The van der Waals surface area contributed by atoms with Gasteiger partial charge in [-0.05, 0) is 51.6 Å². The summed E-state index contributed by atoms with van der Waals surface area (Å²) in [5, 5.41) is 8.64. The molecule has 13 heavy (non-hydrogen) atoms. The van der Waals surface area contributed by atoms with Gasteiger partial charge < -0.3 is 10.0 Å². The van der Waals surface area contributed by atoms with Crippen molar-refractivity contribution >= 4 is 0 Å². The van der Waals surface area contributed by atoms with E-state index in [0.29, 0.717) is 6.61 Å². The van der Waals surface area contributed by atoms with Crippen molar-refractivity contribution < 1.29 is 5.11 Å². The van der Waals surface area contributed by atoms with Crippen LogP contribution in [0, 0.1) is 0 Å². The first-order valence-electron chi connectivity index (χ1n) is 5.73. The van der Waals surface area contributed by atoms with Crippen molar-refractivity contribution in [2.24, 2.45) is 0 Å². The van der Waals surface area contributed by atoms with Crippen LogP contribution in [0.2, 0.25) is 0 Å². The van der Waals surface area contributed by atoms with Gasteiger partial charge in [0.05, 0.1) is 0 Å². The smallest absolute Gasteiger partial charge is 0.0431 e. The molecule has 0 aromatic heterocycles. The van der Waals surface area contributed by atoms with E-state index in [0.717, 1.165) is 12.5 Å². The molecule has 1 fully saturated rings. The van der Waals surface area contributed by atoms with Crippen LogP contribution in [-0.4, -0.2) is 35.7 Å². The molecule has 0 aromatic carbocycles. The topological polar surface area (TPSA) is 23.5 Å². The molecular weight excluding hydrogens is 162 g/mol. The van der Waals surface area contributed by atoms with Gasteiger partial charge in [-0.25, -0.2) is 0 Å². The third kappa shape index (κ3) is 4.63. The molecule has 0 saturated heterocycles. The summed E-state index contributed by atoms with van der Waals surface area (Å²) in [5.74, 6) is 0. The number of aliphatic hydroxyl groups is 1. The van der Waals surface area contributed by atoms with Crippen LogP contribution in [-0.2, 0) is 0 Å². The predicted molar refractivity (Wildman–Crippen MR) is 55.8 cm³/mol. The first-order valence-corrected chi connectivity index (χ1v) is 5.73. The van der Waals surface area contributed by atoms with Crippen LogP contribution in [0.4, 0.5) is 0 Å². The minimum Gasteiger partial charge on any atom is -0.396 e. The van der Waals surface area contributed by atoms with Gasteiger partial charge in [0.15, 0.2) is 0 Å². The molecule has 0 amide bonds. The third-order valence-electron chi connectivity index (χ3n) is 2.68. The van der Waals surface area contributed by atoms with E-state index in [1.165, 1.54) is 45.2 Å². The van der Waals surface area contributed by atoms with E-state index in [1.807, 2.05) is 0 Å². The summed E-state index contributed by atoms with van der Waals surface area (Å²) in [6.07, 6.45) is 7.53. The van der Waals surface area contributed by atoms with Crippen LogP contribution in [0.15, 0.2) is 0 Å². The average molecular weight is 185 g/mol. The van der Waals surface area contributed by atoms with Gasteiger partial charge in [0.2, 0.25) is 0 Å². The van der Waals surface area contributed by atoms with Crippen molar-refractivity contribution in [3.05, 3.63) is 0 Å². The fraction of sp³-hybridized carbons (Fsp3) is 1.00. The molecule has 0 atom stereocenters. The van der Waals surface area contributed by atoms with E-state index >= 15 is 0 Å². The molecule has 1 saturated carbocycles. The van der Waals surface area contributed by atoms with E-state index in [2.05, 4.69) is 11.8 Å². The maximum absolute atomic E-state index is 8.64. The SMILES string of the molecule is CCCN(CCCCCO)C1CC1. The molecule has 2 heteroatoms. The van der Waals surface area contributed by atoms with E-state index in [-0.39, 0.29) is 0 Å². The molecule has 0 spiro atoms. The van der Waals surface area contributed by atoms with E-state index in [9.17, 15) is 0 Å². The van der Waals surface area contributed by atoms with Crippen LogP contribution in [0.1, 0.15) is 45.4 Å². The molecule has 0 aliphatic heterocycles. The lowest BCUT2D eigenvalue weighted by Gasteiger charge is -2.20. The largest absolute Gasteiger partial charge is 0.396 e. The number of hydrogen-bond donors (Lipinski definition) is 1. The number of unbranched alkanes of at least 4 members (excludes halogenated alkanes) is 2. The first-order chi connectivity index (χ1) is 6.38. The molecule has 1 N–H and O–H groups in total. The molecule has 1 rings (SSSR count). The predicted octanol–water partition coefficient (Wildman–Crippen LogP) is 2.02. The molecule has 2 nitrogen and oxygen atoms in total. The molecular formula is C11H23NO. The number of aliphatic hydroxyl groups excluding tert-OH is 1. The third-order valence-corrected chi connectivity index (χ3v) is 2.68. The maximum atomic E-state index is 8.64. The Kier molecular flexibility index (Phi) is 5.40. The van der Waals surface area contributed by atoms with Crippen LogP contribution in [0.25, 0.3) is 0 Å². The summed E-state index contributed by atoms with van der Waals surface area (Å²) in [4.78, 5) is 2.62. The lowest BCUT2D eigenvalue weighted by Crippen LogP contribution is -2.27. The van der Waals surface area contributed by atoms with Gasteiger partial charge in [0.1, 0.15) is 0 Å².